The maximum Gasteiger partial charge on any atom is 0.254 e. The molecule has 0 radical (unpaired) electrons. The fourth-order valence-corrected chi connectivity index (χ4v) is 2.73. The maximum absolute atomic E-state index is 12.0. The topological polar surface area (TPSA) is 61.4 Å². The molecule has 0 saturated carbocycles. The number of halogens is 2. The third kappa shape index (κ3) is 5.68. The zero-order chi connectivity index (χ0) is 16.1. The predicted molar refractivity (Wildman–Crippen MR) is 95.6 cm³/mol. The molecule has 1 heterocycles. The van der Waals surface area contributed by atoms with E-state index in [0.717, 1.165) is 25.9 Å². The molecule has 0 aliphatic carbocycles. The maximum atomic E-state index is 12.0. The first kappa shape index (κ1) is 19.7. The Morgan fingerprint density at radius 1 is 1.39 bits per heavy atom. The van der Waals surface area contributed by atoms with Crippen LogP contribution in [0.25, 0.3) is 0 Å². The Morgan fingerprint density at radius 3 is 2.74 bits per heavy atom. The van der Waals surface area contributed by atoms with Gasteiger partial charge in [0.25, 0.3) is 5.91 Å². The third-order valence-corrected chi connectivity index (χ3v) is 4.16. The molecule has 1 aliphatic rings. The van der Waals surface area contributed by atoms with Crippen LogP contribution in [0.3, 0.4) is 0 Å². The van der Waals surface area contributed by atoms with Crippen molar-refractivity contribution < 1.29 is 9.59 Å². The van der Waals surface area contributed by atoms with Gasteiger partial charge in [-0.05, 0) is 50.0 Å². The van der Waals surface area contributed by atoms with Gasteiger partial charge in [0.15, 0.2) is 0 Å². The molecule has 23 heavy (non-hydrogen) atoms. The van der Waals surface area contributed by atoms with Crippen LogP contribution in [-0.4, -0.2) is 43.9 Å². The van der Waals surface area contributed by atoms with Crippen LogP contribution < -0.4 is 10.6 Å². The van der Waals surface area contributed by atoms with Gasteiger partial charge in [0.1, 0.15) is 0 Å². The quantitative estimate of drug-likeness (QED) is 0.849. The van der Waals surface area contributed by atoms with Crippen molar-refractivity contribution in [3.63, 3.8) is 0 Å². The normalized spacial score (nSPS) is 16.6. The standard InChI is InChI=1S/C16H22ClN3O2.ClH/c1-20(2)16(22)13-9-12(4-5-14(13)17)19-15(21)6-3-11-7-8-18-10-11;/h4-5,9,11,18H,3,6-8,10H2,1-2H3,(H,19,21);1H. The first-order valence-corrected chi connectivity index (χ1v) is 7.87. The summed E-state index contributed by atoms with van der Waals surface area (Å²) in [6.07, 6.45) is 2.51. The van der Waals surface area contributed by atoms with E-state index in [0.29, 0.717) is 28.6 Å². The van der Waals surface area contributed by atoms with Gasteiger partial charge in [-0.2, -0.15) is 0 Å². The number of benzene rings is 1. The lowest BCUT2D eigenvalue weighted by Crippen LogP contribution is -2.22. The minimum Gasteiger partial charge on any atom is -0.345 e. The average molecular weight is 360 g/mol. The van der Waals surface area contributed by atoms with Gasteiger partial charge < -0.3 is 15.5 Å². The SMILES string of the molecule is CN(C)C(=O)c1cc(NC(=O)CCC2CCNC2)ccc1Cl.Cl. The molecule has 1 unspecified atom stereocenters. The molecule has 2 N–H and O–H groups in total. The lowest BCUT2D eigenvalue weighted by atomic mass is 10.0. The molecule has 1 aliphatic heterocycles. The van der Waals surface area contributed by atoms with Crippen molar-refractivity contribution in [1.82, 2.24) is 10.2 Å². The summed E-state index contributed by atoms with van der Waals surface area (Å²) in [7, 11) is 3.33. The largest absolute Gasteiger partial charge is 0.345 e. The summed E-state index contributed by atoms with van der Waals surface area (Å²) in [5.74, 6) is 0.373. The summed E-state index contributed by atoms with van der Waals surface area (Å²) in [4.78, 5) is 25.5. The molecule has 0 bridgehead atoms. The summed E-state index contributed by atoms with van der Waals surface area (Å²) >= 11 is 6.05. The first-order valence-electron chi connectivity index (χ1n) is 7.49. The Bertz CT molecular complexity index is 558. The lowest BCUT2D eigenvalue weighted by molar-refractivity contribution is -0.116. The van der Waals surface area contributed by atoms with Crippen molar-refractivity contribution in [3.05, 3.63) is 28.8 Å². The summed E-state index contributed by atoms with van der Waals surface area (Å²) in [5, 5.41) is 6.52. The summed E-state index contributed by atoms with van der Waals surface area (Å²) in [5.41, 5.74) is 0.994. The molecule has 7 heteroatoms. The van der Waals surface area contributed by atoms with Crippen LogP contribution in [0.15, 0.2) is 18.2 Å². The van der Waals surface area contributed by atoms with E-state index in [1.165, 1.54) is 4.90 Å². The molecule has 1 aromatic rings. The van der Waals surface area contributed by atoms with Crippen LogP contribution in [-0.2, 0) is 4.79 Å². The smallest absolute Gasteiger partial charge is 0.254 e. The van der Waals surface area contributed by atoms with E-state index >= 15 is 0 Å². The highest BCUT2D eigenvalue weighted by Gasteiger charge is 2.17. The van der Waals surface area contributed by atoms with E-state index in [-0.39, 0.29) is 24.2 Å². The Hall–Kier alpha value is -1.30. The van der Waals surface area contributed by atoms with Crippen LogP contribution in [0.5, 0.6) is 0 Å². The zero-order valence-corrected chi connectivity index (χ0v) is 15.0. The van der Waals surface area contributed by atoms with E-state index in [4.69, 9.17) is 11.6 Å². The number of rotatable bonds is 5. The highest BCUT2D eigenvalue weighted by molar-refractivity contribution is 6.34. The van der Waals surface area contributed by atoms with Crippen molar-refractivity contribution in [2.24, 2.45) is 5.92 Å². The van der Waals surface area contributed by atoms with E-state index in [1.807, 2.05) is 0 Å². The molecular weight excluding hydrogens is 337 g/mol. The van der Waals surface area contributed by atoms with Crippen molar-refractivity contribution in [2.75, 3.05) is 32.5 Å². The Morgan fingerprint density at radius 2 is 2.13 bits per heavy atom. The fraction of sp³-hybridized carbons (Fsp3) is 0.500. The summed E-state index contributed by atoms with van der Waals surface area (Å²) in [6.45, 7) is 2.04. The third-order valence-electron chi connectivity index (χ3n) is 3.83. The molecule has 0 spiro atoms. The van der Waals surface area contributed by atoms with E-state index in [2.05, 4.69) is 10.6 Å². The van der Waals surface area contributed by atoms with Gasteiger partial charge in [0.05, 0.1) is 10.6 Å². The van der Waals surface area contributed by atoms with Gasteiger partial charge in [-0.3, -0.25) is 9.59 Å². The van der Waals surface area contributed by atoms with Gasteiger partial charge in [0, 0.05) is 26.2 Å². The summed E-state index contributed by atoms with van der Waals surface area (Å²) in [6, 6.07) is 4.97. The molecule has 2 rings (SSSR count). The number of carbonyl (C=O) groups is 2. The van der Waals surface area contributed by atoms with Crippen molar-refractivity contribution in [2.45, 2.75) is 19.3 Å². The Labute approximate surface area is 148 Å². The average Bonchev–Trinajstić information content (AvgIpc) is 2.99. The number of amides is 2. The van der Waals surface area contributed by atoms with Crippen molar-refractivity contribution >= 4 is 41.5 Å². The molecule has 1 saturated heterocycles. The lowest BCUT2D eigenvalue weighted by Gasteiger charge is -2.13. The van der Waals surface area contributed by atoms with Crippen LogP contribution >= 0.6 is 24.0 Å². The second-order valence-corrected chi connectivity index (χ2v) is 6.25. The Kier molecular flexibility index (Phi) is 7.82. The molecule has 1 fully saturated rings. The highest BCUT2D eigenvalue weighted by atomic mass is 35.5. The Balaban J connectivity index is 0.00000264. The minimum absolute atomic E-state index is 0. The van der Waals surface area contributed by atoms with E-state index in [9.17, 15) is 9.59 Å². The molecule has 2 amide bonds. The first-order chi connectivity index (χ1) is 10.5. The molecule has 1 atom stereocenters. The number of hydrogen-bond acceptors (Lipinski definition) is 3. The highest BCUT2D eigenvalue weighted by Crippen LogP contribution is 2.22. The molecular formula is C16H23Cl2N3O2. The summed E-state index contributed by atoms with van der Waals surface area (Å²) < 4.78 is 0. The van der Waals surface area contributed by atoms with E-state index in [1.54, 1.807) is 32.3 Å². The predicted octanol–water partition coefficient (Wildman–Crippen LogP) is 2.79. The van der Waals surface area contributed by atoms with Crippen LogP contribution in [0.1, 0.15) is 29.6 Å². The molecule has 0 aromatic heterocycles. The van der Waals surface area contributed by atoms with E-state index < -0.39 is 0 Å². The fourth-order valence-electron chi connectivity index (χ4n) is 2.53. The number of nitrogens with zero attached hydrogens (tertiary/aromatic N) is 1. The zero-order valence-electron chi connectivity index (χ0n) is 13.4. The monoisotopic (exact) mass is 359 g/mol. The number of hydrogen-bond donors (Lipinski definition) is 2. The molecule has 128 valence electrons. The van der Waals surface area contributed by atoms with Crippen LogP contribution in [0, 0.1) is 5.92 Å². The van der Waals surface area contributed by atoms with Crippen LogP contribution in [0.4, 0.5) is 5.69 Å². The minimum atomic E-state index is -0.182. The number of carbonyl (C=O) groups excluding carboxylic acids is 2. The number of anilines is 1. The van der Waals surface area contributed by atoms with Gasteiger partial charge >= 0.3 is 0 Å². The van der Waals surface area contributed by atoms with Gasteiger partial charge in [-0.25, -0.2) is 0 Å². The van der Waals surface area contributed by atoms with Gasteiger partial charge in [-0.15, -0.1) is 12.4 Å². The second kappa shape index (κ2) is 9.11. The van der Waals surface area contributed by atoms with Gasteiger partial charge in [-0.1, -0.05) is 11.6 Å². The van der Waals surface area contributed by atoms with Crippen molar-refractivity contribution in [3.8, 4) is 0 Å². The van der Waals surface area contributed by atoms with Crippen LogP contribution in [0.2, 0.25) is 5.02 Å². The van der Waals surface area contributed by atoms with Gasteiger partial charge in [0.2, 0.25) is 5.91 Å². The molecule has 5 nitrogen and oxygen atoms in total. The second-order valence-electron chi connectivity index (χ2n) is 5.84. The van der Waals surface area contributed by atoms with Crippen molar-refractivity contribution in [1.29, 1.82) is 0 Å². The molecule has 1 aromatic carbocycles. The number of nitrogens with one attached hydrogen (secondary N) is 2.